The third-order valence-corrected chi connectivity index (χ3v) is 3.26. The van der Waals surface area contributed by atoms with E-state index in [1.165, 1.54) is 19.2 Å². The van der Waals surface area contributed by atoms with Gasteiger partial charge in [0.15, 0.2) is 0 Å². The average Bonchev–Trinajstić information content (AvgIpc) is 2.27. The van der Waals surface area contributed by atoms with E-state index in [2.05, 4.69) is 5.32 Å². The molecule has 1 rings (SSSR count). The van der Waals surface area contributed by atoms with Crippen LogP contribution in [0.2, 0.25) is 0 Å². The average molecular weight is 272 g/mol. The molecule has 1 aromatic carbocycles. The van der Waals surface area contributed by atoms with Gasteiger partial charge in [0.2, 0.25) is 0 Å². The van der Waals surface area contributed by atoms with Gasteiger partial charge in [0.05, 0.1) is 12.0 Å². The van der Waals surface area contributed by atoms with Gasteiger partial charge in [-0.1, -0.05) is 0 Å². The first-order chi connectivity index (χ1) is 8.43. The van der Waals surface area contributed by atoms with Gasteiger partial charge in [-0.3, -0.25) is 14.3 Å². The van der Waals surface area contributed by atoms with Gasteiger partial charge in [0.1, 0.15) is 11.4 Å². The molecular weight excluding hydrogens is 256 g/mol. The zero-order chi connectivity index (χ0) is 13.7. The molecule has 2 unspecified atom stereocenters. The Labute approximate surface area is 108 Å². The van der Waals surface area contributed by atoms with E-state index in [1.54, 1.807) is 12.3 Å². The summed E-state index contributed by atoms with van der Waals surface area (Å²) < 4.78 is 16.1. The minimum absolute atomic E-state index is 0.0236. The number of nitro benzene ring substituents is 1. The van der Waals surface area contributed by atoms with Crippen LogP contribution in [0.4, 0.5) is 11.4 Å². The van der Waals surface area contributed by atoms with Gasteiger partial charge in [-0.15, -0.1) is 0 Å². The van der Waals surface area contributed by atoms with E-state index < -0.39 is 15.7 Å². The van der Waals surface area contributed by atoms with Crippen molar-refractivity contribution in [1.29, 1.82) is 0 Å². The van der Waals surface area contributed by atoms with Gasteiger partial charge in [-0.25, -0.2) is 0 Å². The Balaban J connectivity index is 2.96. The molecule has 0 saturated heterocycles. The van der Waals surface area contributed by atoms with E-state index in [9.17, 15) is 14.3 Å². The molecule has 100 valence electrons. The molecule has 1 N–H and O–H groups in total. The zero-order valence-electron chi connectivity index (χ0n) is 10.5. The van der Waals surface area contributed by atoms with Gasteiger partial charge in [-0.05, 0) is 13.0 Å². The quantitative estimate of drug-likeness (QED) is 0.630. The molecule has 0 spiro atoms. The smallest absolute Gasteiger partial charge is 0.292 e. The van der Waals surface area contributed by atoms with Gasteiger partial charge in [0, 0.05) is 41.0 Å². The largest absolute Gasteiger partial charge is 0.497 e. The number of ether oxygens (including phenoxy) is 1. The first-order valence-corrected chi connectivity index (χ1v) is 7.05. The molecule has 0 bridgehead atoms. The molecule has 0 saturated carbocycles. The highest BCUT2D eigenvalue weighted by Crippen LogP contribution is 2.29. The number of anilines is 1. The molecule has 0 aliphatic heterocycles. The lowest BCUT2D eigenvalue weighted by atomic mass is 10.2. The Morgan fingerprint density at radius 2 is 2.22 bits per heavy atom. The van der Waals surface area contributed by atoms with E-state index in [1.807, 2.05) is 6.92 Å². The number of nitrogens with one attached hydrogen (secondary N) is 1. The fourth-order valence-electron chi connectivity index (χ4n) is 1.58. The lowest BCUT2D eigenvalue weighted by Crippen LogP contribution is -2.22. The van der Waals surface area contributed by atoms with Crippen molar-refractivity contribution in [2.24, 2.45) is 0 Å². The molecule has 6 nitrogen and oxygen atoms in total. The van der Waals surface area contributed by atoms with E-state index in [0.29, 0.717) is 17.2 Å². The second-order valence-corrected chi connectivity index (χ2v) is 5.41. The van der Waals surface area contributed by atoms with Crippen molar-refractivity contribution in [1.82, 2.24) is 0 Å². The molecule has 0 radical (unpaired) electrons. The molecule has 18 heavy (non-hydrogen) atoms. The highest BCUT2D eigenvalue weighted by molar-refractivity contribution is 7.84. The van der Waals surface area contributed by atoms with Crippen molar-refractivity contribution in [3.8, 4) is 5.75 Å². The van der Waals surface area contributed by atoms with Gasteiger partial charge >= 0.3 is 0 Å². The molecule has 0 heterocycles. The van der Waals surface area contributed by atoms with E-state index >= 15 is 0 Å². The molecule has 0 fully saturated rings. The molecule has 0 aliphatic rings. The molecule has 1 aromatic rings. The lowest BCUT2D eigenvalue weighted by molar-refractivity contribution is -0.384. The van der Waals surface area contributed by atoms with Crippen LogP contribution in [0, 0.1) is 10.1 Å². The molecule has 2 atom stereocenters. The highest BCUT2D eigenvalue weighted by Gasteiger charge is 2.16. The fourth-order valence-corrected chi connectivity index (χ4v) is 2.36. The van der Waals surface area contributed by atoms with Crippen molar-refractivity contribution < 1.29 is 13.9 Å². The summed E-state index contributed by atoms with van der Waals surface area (Å²) in [5, 5.41) is 13.9. The Morgan fingerprint density at radius 1 is 1.56 bits per heavy atom. The van der Waals surface area contributed by atoms with Crippen molar-refractivity contribution in [2.75, 3.05) is 24.4 Å². The number of rotatable bonds is 6. The van der Waals surface area contributed by atoms with Gasteiger partial charge in [-0.2, -0.15) is 0 Å². The minimum Gasteiger partial charge on any atom is -0.497 e. The first kappa shape index (κ1) is 14.4. The molecule has 0 aliphatic carbocycles. The summed E-state index contributed by atoms with van der Waals surface area (Å²) in [7, 11) is 0.538. The van der Waals surface area contributed by atoms with Crippen molar-refractivity contribution >= 4 is 22.2 Å². The van der Waals surface area contributed by atoms with E-state index in [4.69, 9.17) is 4.74 Å². The van der Waals surface area contributed by atoms with Crippen LogP contribution >= 0.6 is 0 Å². The summed E-state index contributed by atoms with van der Waals surface area (Å²) in [5.74, 6) is 0.960. The predicted octanol–water partition coefficient (Wildman–Crippen LogP) is 1.78. The maximum atomic E-state index is 11.1. The van der Waals surface area contributed by atoms with Crippen molar-refractivity contribution in [3.63, 3.8) is 0 Å². The summed E-state index contributed by atoms with van der Waals surface area (Å²) >= 11 is 0. The number of hydrogen-bond acceptors (Lipinski definition) is 5. The Hall–Kier alpha value is -1.63. The van der Waals surface area contributed by atoms with Crippen LogP contribution < -0.4 is 10.1 Å². The number of hydrogen-bond donors (Lipinski definition) is 1. The molecule has 7 heteroatoms. The van der Waals surface area contributed by atoms with E-state index in [0.717, 1.165) is 0 Å². The first-order valence-electron chi connectivity index (χ1n) is 5.33. The van der Waals surface area contributed by atoms with Crippen LogP contribution in [0.15, 0.2) is 18.2 Å². The standard InChI is InChI=1S/C11H16N2O4S/c1-8(7-18(3)16)12-10-6-9(17-2)4-5-11(10)13(14)15/h4-6,8,12H,7H2,1-3H3. The van der Waals surface area contributed by atoms with Crippen LogP contribution in [-0.4, -0.2) is 34.3 Å². The normalized spacial score (nSPS) is 13.7. The summed E-state index contributed by atoms with van der Waals surface area (Å²) in [6.45, 7) is 1.82. The zero-order valence-corrected chi connectivity index (χ0v) is 11.3. The van der Waals surface area contributed by atoms with Gasteiger partial charge in [0.25, 0.3) is 5.69 Å². The monoisotopic (exact) mass is 272 g/mol. The Kier molecular flexibility index (Phi) is 5.08. The van der Waals surface area contributed by atoms with Crippen LogP contribution in [0.5, 0.6) is 5.75 Å². The highest BCUT2D eigenvalue weighted by atomic mass is 32.2. The SMILES string of the molecule is COc1ccc([N+](=O)[O-])c(NC(C)CS(C)=O)c1. The lowest BCUT2D eigenvalue weighted by Gasteiger charge is -2.14. The second-order valence-electron chi connectivity index (χ2n) is 3.93. The maximum Gasteiger partial charge on any atom is 0.292 e. The number of benzene rings is 1. The third kappa shape index (κ3) is 3.99. The Morgan fingerprint density at radius 3 is 2.72 bits per heavy atom. The van der Waals surface area contributed by atoms with Gasteiger partial charge < -0.3 is 10.1 Å². The topological polar surface area (TPSA) is 81.5 Å². The van der Waals surface area contributed by atoms with Crippen molar-refractivity contribution in [3.05, 3.63) is 28.3 Å². The number of methoxy groups -OCH3 is 1. The fraction of sp³-hybridized carbons (Fsp3) is 0.455. The number of nitro groups is 1. The molecule has 0 aromatic heterocycles. The molecule has 0 amide bonds. The summed E-state index contributed by atoms with van der Waals surface area (Å²) in [6, 6.07) is 4.36. The number of nitrogens with zero attached hydrogens (tertiary/aromatic N) is 1. The summed E-state index contributed by atoms with van der Waals surface area (Å²) in [4.78, 5) is 10.4. The predicted molar refractivity (Wildman–Crippen MR) is 71.7 cm³/mol. The van der Waals surface area contributed by atoms with Crippen LogP contribution in [0.25, 0.3) is 0 Å². The maximum absolute atomic E-state index is 11.1. The summed E-state index contributed by atoms with van der Waals surface area (Å²) in [6.07, 6.45) is 1.60. The van der Waals surface area contributed by atoms with Crippen LogP contribution in [0.3, 0.4) is 0 Å². The third-order valence-electron chi connectivity index (χ3n) is 2.29. The second kappa shape index (κ2) is 6.34. The van der Waals surface area contributed by atoms with E-state index in [-0.39, 0.29) is 11.7 Å². The van der Waals surface area contributed by atoms with Crippen LogP contribution in [0.1, 0.15) is 6.92 Å². The van der Waals surface area contributed by atoms with Crippen molar-refractivity contribution in [2.45, 2.75) is 13.0 Å². The Bertz CT molecular complexity index is 464. The molecular formula is C11H16N2O4S. The van der Waals surface area contributed by atoms with Crippen LogP contribution in [-0.2, 0) is 10.8 Å². The minimum atomic E-state index is -0.957. The summed E-state index contributed by atoms with van der Waals surface area (Å²) in [5.41, 5.74) is 0.349.